The summed E-state index contributed by atoms with van der Waals surface area (Å²) in [5, 5.41) is 20.1. The molecule has 2 rings (SSSR count). The molecule has 0 aliphatic heterocycles. The van der Waals surface area contributed by atoms with Crippen molar-refractivity contribution >= 4 is 5.69 Å². The van der Waals surface area contributed by atoms with Crippen molar-refractivity contribution < 1.29 is 19.5 Å². The van der Waals surface area contributed by atoms with Crippen LogP contribution in [-0.2, 0) is 18.0 Å². The minimum absolute atomic E-state index is 0.131. The topological polar surface area (TPSA) is 81.8 Å². The molecule has 0 aliphatic carbocycles. The highest BCUT2D eigenvalue weighted by molar-refractivity contribution is 5.50. The van der Waals surface area contributed by atoms with Crippen LogP contribution < -0.4 is 4.74 Å². The summed E-state index contributed by atoms with van der Waals surface area (Å²) in [7, 11) is 1.59. The average molecular weight is 289 g/mol. The van der Waals surface area contributed by atoms with Crippen molar-refractivity contribution in [2.75, 3.05) is 7.11 Å². The molecule has 110 valence electrons. The van der Waals surface area contributed by atoms with Gasteiger partial charge in [-0.15, -0.1) is 0 Å². The normalized spacial score (nSPS) is 10.4. The van der Waals surface area contributed by atoms with E-state index in [-0.39, 0.29) is 18.0 Å². The third-order valence-corrected chi connectivity index (χ3v) is 2.84. The fourth-order valence-electron chi connectivity index (χ4n) is 1.88. The first-order chi connectivity index (χ1) is 10.1. The Morgan fingerprint density at radius 2 is 2.00 bits per heavy atom. The van der Waals surface area contributed by atoms with E-state index in [1.54, 1.807) is 31.4 Å². The molecule has 0 saturated heterocycles. The Morgan fingerprint density at radius 1 is 1.19 bits per heavy atom. The molecule has 0 aliphatic rings. The first-order valence-corrected chi connectivity index (χ1v) is 6.28. The Morgan fingerprint density at radius 3 is 2.67 bits per heavy atom. The zero-order valence-corrected chi connectivity index (χ0v) is 11.5. The molecule has 2 aromatic rings. The van der Waals surface area contributed by atoms with Crippen LogP contribution in [0, 0.1) is 10.1 Å². The zero-order valence-electron chi connectivity index (χ0n) is 11.5. The number of methoxy groups -OCH3 is 1. The van der Waals surface area contributed by atoms with Crippen molar-refractivity contribution in [1.29, 1.82) is 0 Å². The second-order valence-electron chi connectivity index (χ2n) is 4.40. The Hall–Kier alpha value is -2.44. The summed E-state index contributed by atoms with van der Waals surface area (Å²) >= 11 is 0. The van der Waals surface area contributed by atoms with Crippen molar-refractivity contribution in [2.24, 2.45) is 0 Å². The molecule has 21 heavy (non-hydrogen) atoms. The van der Waals surface area contributed by atoms with Gasteiger partial charge in [0.15, 0.2) is 0 Å². The SMILES string of the molecule is COCc1cccc(Oc2ccc(CO)cc2[N+](=O)[O-])c1. The molecule has 0 unspecified atom stereocenters. The second-order valence-corrected chi connectivity index (χ2v) is 4.40. The maximum Gasteiger partial charge on any atom is 0.311 e. The average Bonchev–Trinajstić information content (AvgIpc) is 2.48. The summed E-state index contributed by atoms with van der Waals surface area (Å²) in [4.78, 5) is 10.5. The number of hydrogen-bond donors (Lipinski definition) is 1. The lowest BCUT2D eigenvalue weighted by Gasteiger charge is -2.08. The number of ether oxygens (including phenoxy) is 2. The van der Waals surface area contributed by atoms with Crippen LogP contribution in [0.15, 0.2) is 42.5 Å². The predicted molar refractivity (Wildman–Crippen MR) is 76.2 cm³/mol. The minimum atomic E-state index is -0.534. The van der Waals surface area contributed by atoms with Crippen LogP contribution >= 0.6 is 0 Å². The van der Waals surface area contributed by atoms with Crippen LogP contribution in [0.4, 0.5) is 5.69 Å². The monoisotopic (exact) mass is 289 g/mol. The van der Waals surface area contributed by atoms with Gasteiger partial charge < -0.3 is 14.6 Å². The molecule has 0 radical (unpaired) electrons. The molecule has 0 heterocycles. The van der Waals surface area contributed by atoms with Crippen molar-refractivity contribution in [3.05, 3.63) is 63.7 Å². The molecular weight excluding hydrogens is 274 g/mol. The summed E-state index contributed by atoms with van der Waals surface area (Å²) in [6.07, 6.45) is 0. The van der Waals surface area contributed by atoms with E-state index >= 15 is 0 Å². The van der Waals surface area contributed by atoms with Gasteiger partial charge in [-0.05, 0) is 29.3 Å². The van der Waals surface area contributed by atoms with E-state index in [9.17, 15) is 10.1 Å². The van der Waals surface area contributed by atoms with Gasteiger partial charge in [0.05, 0.1) is 18.1 Å². The fraction of sp³-hybridized carbons (Fsp3) is 0.200. The summed E-state index contributed by atoms with van der Waals surface area (Å²) < 4.78 is 10.6. The third-order valence-electron chi connectivity index (χ3n) is 2.84. The maximum atomic E-state index is 11.1. The lowest BCUT2D eigenvalue weighted by Crippen LogP contribution is -1.96. The first-order valence-electron chi connectivity index (χ1n) is 6.28. The highest BCUT2D eigenvalue weighted by Crippen LogP contribution is 2.32. The quantitative estimate of drug-likeness (QED) is 0.653. The van der Waals surface area contributed by atoms with Gasteiger partial charge in [-0.1, -0.05) is 18.2 Å². The highest BCUT2D eigenvalue weighted by Gasteiger charge is 2.16. The highest BCUT2D eigenvalue weighted by atomic mass is 16.6. The van der Waals surface area contributed by atoms with Gasteiger partial charge in [-0.25, -0.2) is 0 Å². The number of benzene rings is 2. The number of aliphatic hydroxyl groups is 1. The van der Waals surface area contributed by atoms with Crippen LogP contribution in [0.5, 0.6) is 11.5 Å². The lowest BCUT2D eigenvalue weighted by atomic mass is 10.2. The molecule has 6 nitrogen and oxygen atoms in total. The van der Waals surface area contributed by atoms with Crippen LogP contribution in [0.25, 0.3) is 0 Å². The third kappa shape index (κ3) is 3.77. The smallest absolute Gasteiger partial charge is 0.311 e. The Balaban J connectivity index is 2.30. The van der Waals surface area contributed by atoms with Gasteiger partial charge in [0.1, 0.15) is 5.75 Å². The molecule has 0 aromatic heterocycles. The summed E-state index contributed by atoms with van der Waals surface area (Å²) in [6.45, 7) is 0.174. The number of rotatable bonds is 6. The maximum absolute atomic E-state index is 11.1. The molecule has 0 atom stereocenters. The van der Waals surface area contributed by atoms with Gasteiger partial charge in [0.25, 0.3) is 0 Å². The molecular formula is C15H15NO5. The van der Waals surface area contributed by atoms with Crippen molar-refractivity contribution in [1.82, 2.24) is 0 Å². The second kappa shape index (κ2) is 6.83. The number of aliphatic hydroxyl groups excluding tert-OH is 1. The Bertz CT molecular complexity index is 642. The van der Waals surface area contributed by atoms with E-state index in [1.807, 2.05) is 6.07 Å². The van der Waals surface area contributed by atoms with Gasteiger partial charge in [-0.3, -0.25) is 10.1 Å². The predicted octanol–water partition coefficient (Wildman–Crippen LogP) is 3.03. The van der Waals surface area contributed by atoms with Gasteiger partial charge in [0.2, 0.25) is 5.75 Å². The van der Waals surface area contributed by atoms with Crippen LogP contribution in [0.2, 0.25) is 0 Å². The lowest BCUT2D eigenvalue weighted by molar-refractivity contribution is -0.385. The summed E-state index contributed by atoms with van der Waals surface area (Å²) in [6, 6.07) is 11.5. The van der Waals surface area contributed by atoms with E-state index in [4.69, 9.17) is 14.6 Å². The van der Waals surface area contributed by atoms with Crippen LogP contribution in [-0.4, -0.2) is 17.1 Å². The van der Waals surface area contributed by atoms with Crippen molar-refractivity contribution in [2.45, 2.75) is 13.2 Å². The molecule has 0 saturated carbocycles. The van der Waals surface area contributed by atoms with E-state index in [1.165, 1.54) is 12.1 Å². The number of nitro groups is 1. The number of nitro benzene ring substituents is 1. The zero-order chi connectivity index (χ0) is 15.2. The number of nitrogens with zero attached hydrogens (tertiary/aromatic N) is 1. The molecule has 1 N–H and O–H groups in total. The molecule has 6 heteroatoms. The van der Waals surface area contributed by atoms with E-state index < -0.39 is 4.92 Å². The van der Waals surface area contributed by atoms with Gasteiger partial charge >= 0.3 is 5.69 Å². The van der Waals surface area contributed by atoms with E-state index in [0.29, 0.717) is 17.9 Å². The minimum Gasteiger partial charge on any atom is -0.450 e. The Kier molecular flexibility index (Phi) is 4.86. The van der Waals surface area contributed by atoms with E-state index in [0.717, 1.165) is 5.56 Å². The van der Waals surface area contributed by atoms with Crippen LogP contribution in [0.1, 0.15) is 11.1 Å². The van der Waals surface area contributed by atoms with Crippen molar-refractivity contribution in [3.8, 4) is 11.5 Å². The Labute approximate surface area is 121 Å². The molecule has 0 spiro atoms. The first kappa shape index (κ1) is 15.0. The summed E-state index contributed by atoms with van der Waals surface area (Å²) in [5.74, 6) is 0.621. The largest absolute Gasteiger partial charge is 0.450 e. The standard InChI is InChI=1S/C15H15NO5/c1-20-10-12-3-2-4-13(7-12)21-15-6-5-11(9-17)8-14(15)16(18)19/h2-8,17H,9-10H2,1H3. The molecule has 0 fully saturated rings. The summed E-state index contributed by atoms with van der Waals surface area (Å²) in [5.41, 5.74) is 1.19. The number of hydrogen-bond acceptors (Lipinski definition) is 5. The molecule has 0 amide bonds. The van der Waals surface area contributed by atoms with Crippen molar-refractivity contribution in [3.63, 3.8) is 0 Å². The van der Waals surface area contributed by atoms with E-state index in [2.05, 4.69) is 0 Å². The van der Waals surface area contributed by atoms with Gasteiger partial charge in [0, 0.05) is 13.2 Å². The van der Waals surface area contributed by atoms with Crippen LogP contribution in [0.3, 0.4) is 0 Å². The molecule has 2 aromatic carbocycles. The fourth-order valence-corrected chi connectivity index (χ4v) is 1.88. The van der Waals surface area contributed by atoms with Gasteiger partial charge in [-0.2, -0.15) is 0 Å². The molecule has 0 bridgehead atoms.